The number of hydrogen-bond acceptors (Lipinski definition) is 4. The largest absolute Gasteiger partial charge is 0.479 e. The van der Waals surface area contributed by atoms with Crippen LogP contribution in [0.5, 0.6) is 0 Å². The Morgan fingerprint density at radius 2 is 1.87 bits per heavy atom. The van der Waals surface area contributed by atoms with E-state index in [2.05, 4.69) is 0 Å². The van der Waals surface area contributed by atoms with Gasteiger partial charge in [0.05, 0.1) is 6.10 Å². The molecule has 0 heterocycles. The number of methoxy groups -OCH3 is 1. The van der Waals surface area contributed by atoms with E-state index in [4.69, 9.17) is 9.47 Å². The van der Waals surface area contributed by atoms with Crippen LogP contribution >= 0.6 is 0 Å². The molecule has 2 rings (SSSR count). The average Bonchev–Trinajstić information content (AvgIpc) is 2.59. The number of benzene rings is 1. The fraction of sp³-hybridized carbons (Fsp3) is 0.529. The number of ether oxygens (including phenoxy) is 2. The van der Waals surface area contributed by atoms with E-state index in [1.165, 1.54) is 11.9 Å². The predicted molar refractivity (Wildman–Crippen MR) is 84.0 cm³/mol. The summed E-state index contributed by atoms with van der Waals surface area (Å²) in [5.74, 6) is -0.994. The molecule has 1 fully saturated rings. The average molecular weight is 321 g/mol. The smallest absolute Gasteiger partial charge is 0.410 e. The molecule has 1 aliphatic rings. The van der Waals surface area contributed by atoms with Crippen LogP contribution in [-0.2, 0) is 20.9 Å². The molecule has 0 saturated heterocycles. The Labute approximate surface area is 136 Å². The second-order valence-electron chi connectivity index (χ2n) is 5.87. The molecule has 0 spiro atoms. The number of carboxylic acids is 1. The summed E-state index contributed by atoms with van der Waals surface area (Å²) in [6.45, 7) is 0.125. The molecule has 1 N–H and O–H groups in total. The van der Waals surface area contributed by atoms with E-state index in [1.807, 2.05) is 30.3 Å². The Morgan fingerprint density at radius 1 is 1.26 bits per heavy atom. The SMILES string of the molecule is COC1CCC(C(=O)O)(N(C)C(=O)OCc2ccccc2)CC1. The van der Waals surface area contributed by atoms with Gasteiger partial charge in [-0.05, 0) is 31.2 Å². The molecule has 126 valence electrons. The van der Waals surface area contributed by atoms with E-state index in [-0.39, 0.29) is 12.7 Å². The minimum atomic E-state index is -1.22. The Hall–Kier alpha value is -2.08. The van der Waals surface area contributed by atoms with Crippen molar-refractivity contribution in [3.63, 3.8) is 0 Å². The number of rotatable bonds is 5. The topological polar surface area (TPSA) is 76.1 Å². The second-order valence-corrected chi connectivity index (χ2v) is 5.87. The number of aliphatic carboxylic acids is 1. The predicted octanol–water partition coefficient (Wildman–Crippen LogP) is 2.67. The summed E-state index contributed by atoms with van der Waals surface area (Å²) in [4.78, 5) is 25.3. The van der Waals surface area contributed by atoms with Gasteiger partial charge in [-0.25, -0.2) is 9.59 Å². The van der Waals surface area contributed by atoms with Crippen LogP contribution in [0.3, 0.4) is 0 Å². The third-order valence-electron chi connectivity index (χ3n) is 4.61. The molecule has 0 aromatic heterocycles. The molecule has 0 bridgehead atoms. The van der Waals surface area contributed by atoms with Crippen molar-refractivity contribution in [3.8, 4) is 0 Å². The van der Waals surface area contributed by atoms with E-state index in [0.717, 1.165) is 5.56 Å². The van der Waals surface area contributed by atoms with Crippen LogP contribution in [-0.4, -0.2) is 47.9 Å². The maximum atomic E-state index is 12.3. The van der Waals surface area contributed by atoms with Crippen molar-refractivity contribution in [3.05, 3.63) is 35.9 Å². The summed E-state index contributed by atoms with van der Waals surface area (Å²) in [7, 11) is 3.12. The lowest BCUT2D eigenvalue weighted by Gasteiger charge is -2.42. The molecule has 0 unspecified atom stereocenters. The molecule has 0 aliphatic heterocycles. The van der Waals surface area contributed by atoms with Gasteiger partial charge in [0.15, 0.2) is 0 Å². The zero-order valence-corrected chi connectivity index (χ0v) is 13.5. The van der Waals surface area contributed by atoms with Crippen LogP contribution in [0.4, 0.5) is 4.79 Å². The number of carbonyl (C=O) groups excluding carboxylic acids is 1. The van der Waals surface area contributed by atoms with Crippen molar-refractivity contribution >= 4 is 12.1 Å². The zero-order chi connectivity index (χ0) is 16.9. The Balaban J connectivity index is 2.01. The lowest BCUT2D eigenvalue weighted by Crippen LogP contribution is -2.57. The first kappa shape index (κ1) is 17.3. The Morgan fingerprint density at radius 3 is 2.39 bits per heavy atom. The summed E-state index contributed by atoms with van der Waals surface area (Å²) in [5.41, 5.74) is -0.357. The van der Waals surface area contributed by atoms with E-state index in [9.17, 15) is 14.7 Å². The molecule has 1 aromatic rings. The van der Waals surface area contributed by atoms with Crippen LogP contribution in [0.2, 0.25) is 0 Å². The maximum Gasteiger partial charge on any atom is 0.410 e. The molecule has 1 amide bonds. The zero-order valence-electron chi connectivity index (χ0n) is 13.5. The van der Waals surface area contributed by atoms with E-state index < -0.39 is 17.6 Å². The van der Waals surface area contributed by atoms with E-state index in [0.29, 0.717) is 25.7 Å². The number of hydrogen-bond donors (Lipinski definition) is 1. The van der Waals surface area contributed by atoms with Gasteiger partial charge in [0, 0.05) is 14.2 Å². The van der Waals surface area contributed by atoms with Crippen LogP contribution in [0, 0.1) is 0 Å². The van der Waals surface area contributed by atoms with Crippen molar-refractivity contribution < 1.29 is 24.2 Å². The number of carboxylic acid groups (broad SMARTS) is 1. The van der Waals surface area contributed by atoms with Gasteiger partial charge in [0.1, 0.15) is 12.1 Å². The fourth-order valence-electron chi connectivity index (χ4n) is 2.99. The van der Waals surface area contributed by atoms with Gasteiger partial charge in [0.2, 0.25) is 0 Å². The first-order chi connectivity index (χ1) is 11.0. The highest BCUT2D eigenvalue weighted by Gasteiger charge is 2.48. The standard InChI is InChI=1S/C17H23NO5/c1-18(16(21)23-12-13-6-4-3-5-7-13)17(15(19)20)10-8-14(22-2)9-11-17/h3-7,14H,8-12H2,1-2H3,(H,19,20). The summed E-state index contributed by atoms with van der Waals surface area (Å²) in [6.07, 6.45) is 1.37. The van der Waals surface area contributed by atoms with Gasteiger partial charge in [0.25, 0.3) is 0 Å². The quantitative estimate of drug-likeness (QED) is 0.902. The number of likely N-dealkylation sites (N-methyl/N-ethyl adjacent to an activating group) is 1. The monoisotopic (exact) mass is 321 g/mol. The van der Waals surface area contributed by atoms with E-state index in [1.54, 1.807) is 7.11 Å². The molecule has 23 heavy (non-hydrogen) atoms. The summed E-state index contributed by atoms with van der Waals surface area (Å²) in [5, 5.41) is 9.66. The molecule has 1 saturated carbocycles. The lowest BCUT2D eigenvalue weighted by atomic mass is 9.79. The molecular weight excluding hydrogens is 298 g/mol. The van der Waals surface area contributed by atoms with E-state index >= 15 is 0 Å². The number of carbonyl (C=O) groups is 2. The molecule has 0 atom stereocenters. The van der Waals surface area contributed by atoms with Gasteiger partial charge in [-0.2, -0.15) is 0 Å². The minimum Gasteiger partial charge on any atom is -0.479 e. The highest BCUT2D eigenvalue weighted by atomic mass is 16.6. The first-order valence-corrected chi connectivity index (χ1v) is 7.70. The number of nitrogens with zero attached hydrogens (tertiary/aromatic N) is 1. The third kappa shape index (κ3) is 3.82. The third-order valence-corrected chi connectivity index (χ3v) is 4.61. The van der Waals surface area contributed by atoms with Crippen molar-refractivity contribution in [1.82, 2.24) is 4.90 Å². The summed E-state index contributed by atoms with van der Waals surface area (Å²) >= 11 is 0. The Bertz CT molecular complexity index is 537. The summed E-state index contributed by atoms with van der Waals surface area (Å²) in [6, 6.07) is 9.30. The van der Waals surface area contributed by atoms with Gasteiger partial charge in [-0.3, -0.25) is 4.90 Å². The van der Waals surface area contributed by atoms with Gasteiger partial charge in [-0.1, -0.05) is 30.3 Å². The second kappa shape index (κ2) is 7.46. The van der Waals surface area contributed by atoms with Crippen molar-refractivity contribution in [2.75, 3.05) is 14.2 Å². The maximum absolute atomic E-state index is 12.3. The molecule has 6 nitrogen and oxygen atoms in total. The van der Waals surface area contributed by atoms with Gasteiger partial charge >= 0.3 is 12.1 Å². The van der Waals surface area contributed by atoms with Gasteiger partial charge < -0.3 is 14.6 Å². The molecule has 1 aromatic carbocycles. The van der Waals surface area contributed by atoms with Crippen molar-refractivity contribution in [1.29, 1.82) is 0 Å². The number of amides is 1. The Kier molecular flexibility index (Phi) is 5.60. The van der Waals surface area contributed by atoms with Crippen molar-refractivity contribution in [2.24, 2.45) is 0 Å². The van der Waals surface area contributed by atoms with Crippen LogP contribution in [0.25, 0.3) is 0 Å². The van der Waals surface area contributed by atoms with Crippen LogP contribution < -0.4 is 0 Å². The highest BCUT2D eigenvalue weighted by molar-refractivity contribution is 5.84. The summed E-state index contributed by atoms with van der Waals surface area (Å²) < 4.78 is 10.5. The minimum absolute atomic E-state index is 0.0521. The lowest BCUT2D eigenvalue weighted by molar-refractivity contribution is -0.153. The fourth-order valence-corrected chi connectivity index (χ4v) is 2.99. The highest BCUT2D eigenvalue weighted by Crippen LogP contribution is 2.35. The van der Waals surface area contributed by atoms with Crippen LogP contribution in [0.1, 0.15) is 31.2 Å². The molecular formula is C17H23NO5. The first-order valence-electron chi connectivity index (χ1n) is 7.70. The van der Waals surface area contributed by atoms with Crippen molar-refractivity contribution in [2.45, 2.75) is 43.9 Å². The molecule has 6 heteroatoms. The molecule has 1 aliphatic carbocycles. The normalized spacial score (nSPS) is 24.0. The van der Waals surface area contributed by atoms with Crippen LogP contribution in [0.15, 0.2) is 30.3 Å². The molecule has 0 radical (unpaired) electrons. The van der Waals surface area contributed by atoms with Gasteiger partial charge in [-0.15, -0.1) is 0 Å².